The molecule has 10 heteroatoms. The van der Waals surface area contributed by atoms with Crippen LogP contribution in [-0.4, -0.2) is 87.7 Å². The Bertz CT molecular complexity index is 1100. The summed E-state index contributed by atoms with van der Waals surface area (Å²) in [6.07, 6.45) is 0.877. The standard InChI is InChI=1S/C29H38N8OS/c1-38-22-8-13-30-29(39)33-28-31-26(36-18-14-34(15-19-36)24-9-4-2-5-10-24)23-27(32-28)37-20-16-35(17-21-37)25-11-6-3-7-12-25/h2-7,9-12,23H,8,13-22H2,1H3,(H2,30,31,32,33,39). The van der Waals surface area contributed by atoms with Gasteiger partial charge in [-0.3, -0.25) is 0 Å². The highest BCUT2D eigenvalue weighted by Crippen LogP contribution is 2.26. The number of nitrogens with one attached hydrogen (secondary N) is 2. The van der Waals surface area contributed by atoms with Crippen LogP contribution in [0, 0.1) is 0 Å². The largest absolute Gasteiger partial charge is 0.385 e. The zero-order valence-electron chi connectivity index (χ0n) is 22.6. The van der Waals surface area contributed by atoms with Gasteiger partial charge in [-0.25, -0.2) is 0 Å². The maximum Gasteiger partial charge on any atom is 0.232 e. The molecule has 39 heavy (non-hydrogen) atoms. The van der Waals surface area contributed by atoms with E-state index >= 15 is 0 Å². The number of methoxy groups -OCH3 is 1. The summed E-state index contributed by atoms with van der Waals surface area (Å²) in [5, 5.41) is 6.99. The van der Waals surface area contributed by atoms with Crippen LogP contribution in [0.5, 0.6) is 0 Å². The lowest BCUT2D eigenvalue weighted by molar-refractivity contribution is 0.196. The molecular formula is C29H38N8OS. The normalized spacial score (nSPS) is 15.8. The molecular weight excluding hydrogens is 508 g/mol. The first-order valence-electron chi connectivity index (χ1n) is 13.7. The summed E-state index contributed by atoms with van der Waals surface area (Å²) >= 11 is 5.54. The highest BCUT2D eigenvalue weighted by molar-refractivity contribution is 7.80. The number of ether oxygens (including phenoxy) is 1. The first kappa shape index (κ1) is 27.0. The summed E-state index contributed by atoms with van der Waals surface area (Å²) in [7, 11) is 1.71. The van der Waals surface area contributed by atoms with Gasteiger partial charge in [0.25, 0.3) is 0 Å². The van der Waals surface area contributed by atoms with Crippen LogP contribution in [0.15, 0.2) is 66.7 Å². The quantitative estimate of drug-likeness (QED) is 0.308. The van der Waals surface area contributed by atoms with Crippen LogP contribution in [0.25, 0.3) is 0 Å². The van der Waals surface area contributed by atoms with Crippen molar-refractivity contribution in [2.75, 3.05) is 97.5 Å². The molecule has 1 aromatic heterocycles. The van der Waals surface area contributed by atoms with Crippen molar-refractivity contribution in [3.05, 3.63) is 66.7 Å². The lowest BCUT2D eigenvalue weighted by atomic mass is 10.2. The topological polar surface area (TPSA) is 72.0 Å². The minimum Gasteiger partial charge on any atom is -0.385 e. The van der Waals surface area contributed by atoms with E-state index in [-0.39, 0.29) is 0 Å². The molecule has 2 aliphatic rings. The highest BCUT2D eigenvalue weighted by atomic mass is 32.1. The number of rotatable bonds is 9. The van der Waals surface area contributed by atoms with E-state index < -0.39 is 0 Å². The summed E-state index contributed by atoms with van der Waals surface area (Å²) in [5.74, 6) is 2.40. The van der Waals surface area contributed by atoms with Crippen molar-refractivity contribution >= 4 is 46.3 Å². The maximum absolute atomic E-state index is 5.54. The van der Waals surface area contributed by atoms with E-state index in [1.807, 2.05) is 0 Å². The maximum atomic E-state index is 5.54. The molecule has 2 fully saturated rings. The van der Waals surface area contributed by atoms with E-state index in [0.29, 0.717) is 17.7 Å². The molecule has 0 unspecified atom stereocenters. The van der Waals surface area contributed by atoms with Gasteiger partial charge in [0.1, 0.15) is 11.6 Å². The van der Waals surface area contributed by atoms with Crippen molar-refractivity contribution in [2.45, 2.75) is 6.42 Å². The second-order valence-electron chi connectivity index (χ2n) is 9.75. The van der Waals surface area contributed by atoms with Gasteiger partial charge in [0, 0.05) is 90.1 Å². The Hall–Kier alpha value is -3.63. The van der Waals surface area contributed by atoms with Crippen LogP contribution < -0.4 is 30.2 Å². The second-order valence-corrected chi connectivity index (χ2v) is 10.2. The predicted octanol–water partition coefficient (Wildman–Crippen LogP) is 3.45. The third-order valence-corrected chi connectivity index (χ3v) is 7.43. The minimum absolute atomic E-state index is 0.525. The number of piperazine rings is 2. The van der Waals surface area contributed by atoms with Crippen molar-refractivity contribution in [1.82, 2.24) is 15.3 Å². The number of thiocarbonyl (C=S) groups is 1. The molecule has 0 spiro atoms. The number of aromatic nitrogens is 2. The molecule has 0 saturated carbocycles. The molecule has 3 heterocycles. The van der Waals surface area contributed by atoms with E-state index in [0.717, 1.165) is 77.0 Å². The molecule has 206 valence electrons. The molecule has 0 aliphatic carbocycles. The highest BCUT2D eigenvalue weighted by Gasteiger charge is 2.23. The van der Waals surface area contributed by atoms with Gasteiger partial charge in [0.15, 0.2) is 5.11 Å². The number of para-hydroxylation sites is 2. The van der Waals surface area contributed by atoms with Crippen LogP contribution in [0.2, 0.25) is 0 Å². The minimum atomic E-state index is 0.525. The summed E-state index contributed by atoms with van der Waals surface area (Å²) in [6, 6.07) is 23.4. The third kappa shape index (κ3) is 7.27. The number of hydrogen-bond donors (Lipinski definition) is 2. The Morgan fingerprint density at radius 1 is 0.744 bits per heavy atom. The summed E-state index contributed by atoms with van der Waals surface area (Å²) in [4.78, 5) is 19.3. The van der Waals surface area contributed by atoms with Crippen molar-refractivity contribution in [3.8, 4) is 0 Å². The SMILES string of the molecule is COCCCNC(=S)Nc1nc(N2CCN(c3ccccc3)CC2)cc(N2CCN(c3ccccc3)CC2)n1. The summed E-state index contributed by atoms with van der Waals surface area (Å²) in [6.45, 7) is 8.78. The molecule has 0 amide bonds. The van der Waals surface area contributed by atoms with E-state index in [4.69, 9.17) is 26.9 Å². The Labute approximate surface area is 236 Å². The lowest BCUT2D eigenvalue weighted by Gasteiger charge is -2.38. The van der Waals surface area contributed by atoms with E-state index in [9.17, 15) is 0 Å². The zero-order chi connectivity index (χ0) is 26.9. The smallest absolute Gasteiger partial charge is 0.232 e. The van der Waals surface area contributed by atoms with Gasteiger partial charge < -0.3 is 35.0 Å². The van der Waals surface area contributed by atoms with Gasteiger partial charge in [0.2, 0.25) is 5.95 Å². The van der Waals surface area contributed by atoms with Crippen molar-refractivity contribution in [3.63, 3.8) is 0 Å². The molecule has 9 nitrogen and oxygen atoms in total. The van der Waals surface area contributed by atoms with Crippen molar-refractivity contribution in [1.29, 1.82) is 0 Å². The van der Waals surface area contributed by atoms with E-state index in [1.54, 1.807) is 7.11 Å². The Morgan fingerprint density at radius 3 is 1.67 bits per heavy atom. The molecule has 2 saturated heterocycles. The van der Waals surface area contributed by atoms with Gasteiger partial charge in [-0.1, -0.05) is 36.4 Å². The number of hydrogen-bond acceptors (Lipinski definition) is 8. The van der Waals surface area contributed by atoms with Gasteiger partial charge in [-0.15, -0.1) is 0 Å². The average Bonchev–Trinajstić information content (AvgIpc) is 3.00. The van der Waals surface area contributed by atoms with Crippen LogP contribution in [0.1, 0.15) is 6.42 Å². The summed E-state index contributed by atoms with van der Waals surface area (Å²) < 4.78 is 5.13. The fraction of sp³-hybridized carbons (Fsp3) is 0.414. The molecule has 2 aliphatic heterocycles. The van der Waals surface area contributed by atoms with Crippen molar-refractivity contribution in [2.24, 2.45) is 0 Å². The van der Waals surface area contributed by atoms with Crippen LogP contribution in [0.3, 0.4) is 0 Å². The van der Waals surface area contributed by atoms with E-state index in [1.165, 1.54) is 11.4 Å². The fourth-order valence-electron chi connectivity index (χ4n) is 5.03. The lowest BCUT2D eigenvalue weighted by Crippen LogP contribution is -2.48. The van der Waals surface area contributed by atoms with Crippen LogP contribution >= 0.6 is 12.2 Å². The van der Waals surface area contributed by atoms with Gasteiger partial charge in [0.05, 0.1) is 0 Å². The Kier molecular flexibility index (Phi) is 9.29. The first-order valence-corrected chi connectivity index (χ1v) is 14.1. The van der Waals surface area contributed by atoms with Gasteiger partial charge in [-0.2, -0.15) is 9.97 Å². The molecule has 0 atom stereocenters. The zero-order valence-corrected chi connectivity index (χ0v) is 23.4. The van der Waals surface area contributed by atoms with Gasteiger partial charge in [-0.05, 0) is 42.9 Å². The molecule has 0 radical (unpaired) electrons. The van der Waals surface area contributed by atoms with Crippen molar-refractivity contribution < 1.29 is 4.74 Å². The fourth-order valence-corrected chi connectivity index (χ4v) is 5.22. The van der Waals surface area contributed by atoms with Crippen LogP contribution in [-0.2, 0) is 4.74 Å². The third-order valence-electron chi connectivity index (χ3n) is 7.19. The molecule has 3 aromatic rings. The first-order chi connectivity index (χ1) is 19.2. The Morgan fingerprint density at radius 2 is 1.21 bits per heavy atom. The number of anilines is 5. The molecule has 0 bridgehead atoms. The molecule has 2 N–H and O–H groups in total. The van der Waals surface area contributed by atoms with Crippen LogP contribution in [0.4, 0.5) is 29.0 Å². The number of nitrogens with zero attached hydrogens (tertiary/aromatic N) is 6. The summed E-state index contributed by atoms with van der Waals surface area (Å²) in [5.41, 5.74) is 2.54. The van der Waals surface area contributed by atoms with Gasteiger partial charge >= 0.3 is 0 Å². The average molecular weight is 547 g/mol. The monoisotopic (exact) mass is 546 g/mol. The van der Waals surface area contributed by atoms with E-state index in [2.05, 4.69) is 97.0 Å². The number of benzene rings is 2. The second kappa shape index (κ2) is 13.4. The predicted molar refractivity (Wildman–Crippen MR) is 164 cm³/mol. The Balaban J connectivity index is 1.29. The molecule has 5 rings (SSSR count). The molecule has 2 aromatic carbocycles.